The Morgan fingerprint density at radius 1 is 1.00 bits per heavy atom. The Kier molecular flexibility index (Phi) is 10.5. The second kappa shape index (κ2) is 11.2. The van der Waals surface area contributed by atoms with Gasteiger partial charge < -0.3 is 15.7 Å². The van der Waals surface area contributed by atoms with Gasteiger partial charge in [0.1, 0.15) is 0 Å². The van der Waals surface area contributed by atoms with E-state index in [-0.39, 0.29) is 5.54 Å². The summed E-state index contributed by atoms with van der Waals surface area (Å²) in [5, 5.41) is 27.5. The van der Waals surface area contributed by atoms with Crippen molar-refractivity contribution >= 4 is 17.1 Å². The van der Waals surface area contributed by atoms with Crippen molar-refractivity contribution in [2.45, 2.75) is 72.8 Å². The largest absolute Gasteiger partial charge is 0.411 e. The Morgan fingerprint density at radius 3 is 2.17 bits per heavy atom. The molecule has 3 N–H and O–H groups in total. The fourth-order valence-electron chi connectivity index (χ4n) is 2.28. The number of aliphatic imine (C=N–C) groups is 1. The fraction of sp³-hybridized carbons (Fsp3) is 0.824. The molecule has 0 bridgehead atoms. The molecule has 1 atom stereocenters. The van der Waals surface area contributed by atoms with E-state index < -0.39 is 0 Å². The first-order valence-corrected chi connectivity index (χ1v) is 8.42. The highest BCUT2D eigenvalue weighted by Crippen LogP contribution is 2.16. The van der Waals surface area contributed by atoms with Crippen LogP contribution in [0.25, 0.3) is 0 Å². The van der Waals surface area contributed by atoms with Crippen LogP contribution >= 0.6 is 0 Å². The molecule has 0 saturated carbocycles. The van der Waals surface area contributed by atoms with Crippen molar-refractivity contribution in [1.29, 1.82) is 0 Å². The highest BCUT2D eigenvalue weighted by atomic mass is 16.4. The number of rotatable bonds is 11. The van der Waals surface area contributed by atoms with Crippen LogP contribution in [0.2, 0.25) is 0 Å². The molecule has 23 heavy (non-hydrogen) atoms. The van der Waals surface area contributed by atoms with Gasteiger partial charge in [0.25, 0.3) is 0 Å². The van der Waals surface area contributed by atoms with Gasteiger partial charge in [-0.25, -0.2) is 0 Å². The molecule has 6 nitrogen and oxygen atoms in total. The van der Waals surface area contributed by atoms with Gasteiger partial charge in [0, 0.05) is 6.54 Å². The van der Waals surface area contributed by atoms with Crippen LogP contribution in [0.4, 0.5) is 0 Å². The standard InChI is InChI=1S/C17H34N4O2/c1-7-8-16(9-11-18-13(2)14(3)20-22)10-12-19-17(5,6)15(4)21-23/h16,19,22-23H,7-12H2,1-6H3/b18-13?,20-14-,21-15-. The Labute approximate surface area is 140 Å². The van der Waals surface area contributed by atoms with Crippen molar-refractivity contribution in [3.8, 4) is 0 Å². The predicted octanol–water partition coefficient (Wildman–Crippen LogP) is 3.71. The molecule has 0 aliphatic carbocycles. The van der Waals surface area contributed by atoms with Crippen molar-refractivity contribution < 1.29 is 10.4 Å². The minimum Gasteiger partial charge on any atom is -0.411 e. The molecule has 1 unspecified atom stereocenters. The average molecular weight is 326 g/mol. The average Bonchev–Trinajstić information content (AvgIpc) is 2.52. The summed E-state index contributed by atoms with van der Waals surface area (Å²) in [6, 6.07) is 0. The molecule has 134 valence electrons. The molecule has 0 aliphatic rings. The van der Waals surface area contributed by atoms with Gasteiger partial charge in [-0.05, 0) is 59.9 Å². The molecular weight excluding hydrogens is 292 g/mol. The molecule has 0 saturated heterocycles. The number of hydrogen-bond acceptors (Lipinski definition) is 6. The van der Waals surface area contributed by atoms with E-state index in [0.717, 1.165) is 38.1 Å². The highest BCUT2D eigenvalue weighted by molar-refractivity contribution is 6.40. The maximum atomic E-state index is 8.90. The Hall–Kier alpha value is -1.43. The molecule has 0 radical (unpaired) electrons. The van der Waals surface area contributed by atoms with Gasteiger partial charge in [-0.3, -0.25) is 4.99 Å². The summed E-state index contributed by atoms with van der Waals surface area (Å²) in [6.07, 6.45) is 4.43. The normalized spacial score (nSPS) is 15.8. The first kappa shape index (κ1) is 21.6. The Bertz CT molecular complexity index is 428. The number of nitrogens with one attached hydrogen (secondary N) is 1. The molecule has 6 heteroatoms. The van der Waals surface area contributed by atoms with Crippen LogP contribution < -0.4 is 5.32 Å². The van der Waals surface area contributed by atoms with Crippen LogP contribution in [0.5, 0.6) is 0 Å². The monoisotopic (exact) mass is 326 g/mol. The van der Waals surface area contributed by atoms with E-state index in [2.05, 4.69) is 27.5 Å². The molecule has 0 heterocycles. The minimum absolute atomic E-state index is 0.297. The lowest BCUT2D eigenvalue weighted by Crippen LogP contribution is -2.46. The zero-order valence-corrected chi connectivity index (χ0v) is 15.6. The smallest absolute Gasteiger partial charge is 0.0971 e. The summed E-state index contributed by atoms with van der Waals surface area (Å²) in [4.78, 5) is 4.47. The van der Waals surface area contributed by atoms with Gasteiger partial charge >= 0.3 is 0 Å². The molecule has 0 aromatic heterocycles. The van der Waals surface area contributed by atoms with Gasteiger partial charge in [0.2, 0.25) is 0 Å². The SMILES string of the molecule is CCCC(CCN=C(C)/C(C)=N\O)CCNC(C)(C)/C(C)=N\O. The maximum absolute atomic E-state index is 8.90. The van der Waals surface area contributed by atoms with Gasteiger partial charge in [-0.2, -0.15) is 0 Å². The lowest BCUT2D eigenvalue weighted by Gasteiger charge is -2.26. The summed E-state index contributed by atoms with van der Waals surface area (Å²) in [7, 11) is 0. The van der Waals surface area contributed by atoms with Crippen LogP contribution in [-0.2, 0) is 0 Å². The zero-order chi connectivity index (χ0) is 17.9. The highest BCUT2D eigenvalue weighted by Gasteiger charge is 2.21. The molecule has 0 amide bonds. The van der Waals surface area contributed by atoms with E-state index in [4.69, 9.17) is 10.4 Å². The Morgan fingerprint density at radius 2 is 1.65 bits per heavy atom. The van der Waals surface area contributed by atoms with Gasteiger partial charge in [0.05, 0.1) is 22.7 Å². The topological polar surface area (TPSA) is 89.6 Å². The van der Waals surface area contributed by atoms with Crippen molar-refractivity contribution in [1.82, 2.24) is 5.32 Å². The third-order valence-electron chi connectivity index (χ3n) is 4.43. The first-order valence-electron chi connectivity index (χ1n) is 8.42. The lowest BCUT2D eigenvalue weighted by atomic mass is 9.94. The third-order valence-corrected chi connectivity index (χ3v) is 4.43. The minimum atomic E-state index is -0.297. The van der Waals surface area contributed by atoms with Crippen molar-refractivity contribution in [2.75, 3.05) is 13.1 Å². The number of nitrogens with zero attached hydrogens (tertiary/aromatic N) is 3. The van der Waals surface area contributed by atoms with Gasteiger partial charge in [-0.15, -0.1) is 0 Å². The summed E-state index contributed by atoms with van der Waals surface area (Å²) < 4.78 is 0. The molecule has 0 aliphatic heterocycles. The van der Waals surface area contributed by atoms with Gasteiger partial charge in [0.15, 0.2) is 0 Å². The van der Waals surface area contributed by atoms with Crippen LogP contribution in [0, 0.1) is 5.92 Å². The summed E-state index contributed by atoms with van der Waals surface area (Å²) in [5.74, 6) is 0.609. The zero-order valence-electron chi connectivity index (χ0n) is 15.6. The molecule has 0 fully saturated rings. The van der Waals surface area contributed by atoms with Crippen LogP contribution in [0.1, 0.15) is 67.2 Å². The summed E-state index contributed by atoms with van der Waals surface area (Å²) in [5.41, 5.74) is 1.74. The van der Waals surface area contributed by atoms with Crippen LogP contribution in [0.3, 0.4) is 0 Å². The maximum Gasteiger partial charge on any atom is 0.0971 e. The lowest BCUT2D eigenvalue weighted by molar-refractivity contribution is 0.309. The van der Waals surface area contributed by atoms with Crippen molar-refractivity contribution in [3.63, 3.8) is 0 Å². The van der Waals surface area contributed by atoms with Crippen molar-refractivity contribution in [2.24, 2.45) is 21.2 Å². The van der Waals surface area contributed by atoms with Crippen molar-refractivity contribution in [3.05, 3.63) is 0 Å². The Balaban J connectivity index is 4.38. The van der Waals surface area contributed by atoms with Crippen LogP contribution in [-0.4, -0.2) is 46.2 Å². The van der Waals surface area contributed by atoms with Gasteiger partial charge in [-0.1, -0.05) is 30.1 Å². The van der Waals surface area contributed by atoms with E-state index in [0.29, 0.717) is 17.3 Å². The molecule has 0 spiro atoms. The molecule has 0 aromatic rings. The second-order valence-corrected chi connectivity index (χ2v) is 6.62. The van der Waals surface area contributed by atoms with E-state index >= 15 is 0 Å². The predicted molar refractivity (Wildman–Crippen MR) is 97.5 cm³/mol. The van der Waals surface area contributed by atoms with Crippen LogP contribution in [0.15, 0.2) is 15.3 Å². The molecule has 0 rings (SSSR count). The number of oxime groups is 2. The van der Waals surface area contributed by atoms with E-state index in [1.54, 1.807) is 6.92 Å². The first-order chi connectivity index (χ1) is 10.8. The van der Waals surface area contributed by atoms with E-state index in [1.165, 1.54) is 6.42 Å². The van der Waals surface area contributed by atoms with E-state index in [9.17, 15) is 0 Å². The fourth-order valence-corrected chi connectivity index (χ4v) is 2.28. The van der Waals surface area contributed by atoms with E-state index in [1.807, 2.05) is 27.7 Å². The second-order valence-electron chi connectivity index (χ2n) is 6.62. The number of hydrogen-bond donors (Lipinski definition) is 3. The quantitative estimate of drug-likeness (QED) is 0.307. The summed E-state index contributed by atoms with van der Waals surface area (Å²) >= 11 is 0. The third kappa shape index (κ3) is 8.69. The molecular formula is C17H34N4O2. The molecule has 0 aromatic carbocycles. The summed E-state index contributed by atoms with van der Waals surface area (Å²) in [6.45, 7) is 13.3.